The van der Waals surface area contributed by atoms with Gasteiger partial charge in [-0.05, 0) is 51.9 Å². The van der Waals surface area contributed by atoms with Gasteiger partial charge in [0.1, 0.15) is 0 Å². The van der Waals surface area contributed by atoms with Crippen LogP contribution in [0.25, 0.3) is 21.9 Å². The monoisotopic (exact) mass is 592 g/mol. The molecule has 1 aliphatic carbocycles. The standard InChI is InChI=1S/C43H44O2/c1-3-5-7-15-28-43(29-16-8-6-4-2)39-25-14-13-21-34(39)35-27-26-32(30-40(35)43)41(44)37-22-11-12-23-38(37)42(45)36-24-17-19-31-18-9-10-20-33(31)36/h9-14,17-27,30H,3-8,15-16,28-29H2,1-2H3. The minimum Gasteiger partial charge on any atom is -0.289 e. The lowest BCUT2D eigenvalue weighted by atomic mass is 9.70. The number of rotatable bonds is 14. The Hall–Kier alpha value is -4.30. The molecule has 0 saturated heterocycles. The van der Waals surface area contributed by atoms with E-state index in [-0.39, 0.29) is 17.0 Å². The highest BCUT2D eigenvalue weighted by molar-refractivity contribution is 6.23. The Morgan fingerprint density at radius 3 is 1.82 bits per heavy atom. The van der Waals surface area contributed by atoms with Crippen LogP contribution in [-0.4, -0.2) is 11.6 Å². The molecule has 2 heteroatoms. The molecular formula is C43H44O2. The smallest absolute Gasteiger partial charge is 0.194 e. The molecule has 0 atom stereocenters. The maximum absolute atomic E-state index is 14.4. The van der Waals surface area contributed by atoms with E-state index in [0.717, 1.165) is 23.6 Å². The molecule has 5 aromatic rings. The van der Waals surface area contributed by atoms with Crippen LogP contribution < -0.4 is 0 Å². The molecule has 0 aromatic heterocycles. The summed E-state index contributed by atoms with van der Waals surface area (Å²) in [5.74, 6) is -0.214. The maximum atomic E-state index is 14.4. The van der Waals surface area contributed by atoms with Crippen LogP contribution in [0.2, 0.25) is 0 Å². The Bertz CT molecular complexity index is 1810. The molecule has 6 rings (SSSR count). The van der Waals surface area contributed by atoms with Crippen LogP contribution in [0.4, 0.5) is 0 Å². The van der Waals surface area contributed by atoms with Gasteiger partial charge in [-0.3, -0.25) is 9.59 Å². The van der Waals surface area contributed by atoms with Gasteiger partial charge in [0.25, 0.3) is 0 Å². The van der Waals surface area contributed by atoms with E-state index >= 15 is 0 Å². The largest absolute Gasteiger partial charge is 0.289 e. The zero-order chi connectivity index (χ0) is 31.2. The van der Waals surface area contributed by atoms with Crippen molar-refractivity contribution in [2.45, 2.75) is 83.5 Å². The molecule has 228 valence electrons. The van der Waals surface area contributed by atoms with Gasteiger partial charge in [-0.15, -0.1) is 0 Å². The van der Waals surface area contributed by atoms with Crippen LogP contribution in [0.3, 0.4) is 0 Å². The number of ketones is 2. The first-order chi connectivity index (χ1) is 22.1. The molecule has 0 N–H and O–H groups in total. The number of carbonyl (C=O) groups is 2. The third-order valence-corrected chi connectivity index (χ3v) is 9.89. The van der Waals surface area contributed by atoms with Gasteiger partial charge < -0.3 is 0 Å². The van der Waals surface area contributed by atoms with Crippen LogP contribution in [-0.2, 0) is 5.41 Å². The first-order valence-electron chi connectivity index (χ1n) is 17.0. The van der Waals surface area contributed by atoms with Crippen molar-refractivity contribution in [1.29, 1.82) is 0 Å². The van der Waals surface area contributed by atoms with Crippen LogP contribution in [0, 0.1) is 0 Å². The van der Waals surface area contributed by atoms with Crippen molar-refractivity contribution < 1.29 is 9.59 Å². The second kappa shape index (κ2) is 13.8. The summed E-state index contributed by atoms with van der Waals surface area (Å²) in [6, 6.07) is 36.3. The molecule has 0 unspecified atom stereocenters. The molecular weight excluding hydrogens is 548 g/mol. The Labute approximate surface area is 268 Å². The van der Waals surface area contributed by atoms with E-state index < -0.39 is 0 Å². The highest BCUT2D eigenvalue weighted by atomic mass is 16.1. The van der Waals surface area contributed by atoms with Gasteiger partial charge in [0.05, 0.1) is 0 Å². The molecule has 0 fully saturated rings. The van der Waals surface area contributed by atoms with Crippen LogP contribution in [0.15, 0.2) is 109 Å². The molecule has 5 aromatic carbocycles. The van der Waals surface area contributed by atoms with Crippen molar-refractivity contribution in [2.75, 3.05) is 0 Å². The summed E-state index contributed by atoms with van der Waals surface area (Å²) in [5, 5.41) is 1.91. The van der Waals surface area contributed by atoms with E-state index in [1.807, 2.05) is 66.7 Å². The van der Waals surface area contributed by atoms with Gasteiger partial charge in [-0.1, -0.05) is 168 Å². The Kier molecular flexibility index (Phi) is 9.40. The number of hydrogen-bond acceptors (Lipinski definition) is 2. The second-order valence-electron chi connectivity index (χ2n) is 12.7. The van der Waals surface area contributed by atoms with E-state index in [2.05, 4.69) is 50.2 Å². The zero-order valence-electron chi connectivity index (χ0n) is 26.8. The highest BCUT2D eigenvalue weighted by Crippen LogP contribution is 2.54. The van der Waals surface area contributed by atoms with Crippen LogP contribution >= 0.6 is 0 Å². The molecule has 0 amide bonds. The minimum atomic E-state index is -0.120. The highest BCUT2D eigenvalue weighted by Gasteiger charge is 2.42. The first-order valence-corrected chi connectivity index (χ1v) is 17.0. The summed E-state index contributed by atoms with van der Waals surface area (Å²) < 4.78 is 0. The minimum absolute atomic E-state index is 0.0937. The lowest BCUT2D eigenvalue weighted by Crippen LogP contribution is -2.26. The van der Waals surface area contributed by atoms with Crippen molar-refractivity contribution >= 4 is 22.3 Å². The third kappa shape index (κ3) is 5.91. The average molecular weight is 593 g/mol. The van der Waals surface area contributed by atoms with Crippen molar-refractivity contribution in [1.82, 2.24) is 0 Å². The predicted molar refractivity (Wildman–Crippen MR) is 187 cm³/mol. The molecule has 0 heterocycles. The quantitative estimate of drug-likeness (QED) is 0.0949. The summed E-state index contributed by atoms with van der Waals surface area (Å²) in [7, 11) is 0. The summed E-state index contributed by atoms with van der Waals surface area (Å²) in [6.07, 6.45) is 11.9. The van der Waals surface area contributed by atoms with Crippen LogP contribution in [0.5, 0.6) is 0 Å². The van der Waals surface area contributed by atoms with Gasteiger partial charge in [-0.25, -0.2) is 0 Å². The molecule has 1 aliphatic rings. The second-order valence-corrected chi connectivity index (χ2v) is 12.7. The lowest BCUT2D eigenvalue weighted by Gasteiger charge is -2.33. The Balaban J connectivity index is 1.41. The average Bonchev–Trinajstić information content (AvgIpc) is 3.36. The maximum Gasteiger partial charge on any atom is 0.194 e. The number of benzene rings is 5. The normalized spacial score (nSPS) is 13.0. The van der Waals surface area contributed by atoms with Gasteiger partial charge in [0.2, 0.25) is 0 Å². The number of carbonyl (C=O) groups excluding carboxylic acids is 2. The molecule has 2 nitrogen and oxygen atoms in total. The molecule has 45 heavy (non-hydrogen) atoms. The fourth-order valence-corrected chi connectivity index (χ4v) is 7.57. The van der Waals surface area contributed by atoms with Crippen LogP contribution in [0.1, 0.15) is 121 Å². The topological polar surface area (TPSA) is 34.1 Å². The first kappa shape index (κ1) is 30.7. The zero-order valence-corrected chi connectivity index (χ0v) is 26.8. The summed E-state index contributed by atoms with van der Waals surface area (Å²) >= 11 is 0. The van der Waals surface area contributed by atoms with Crippen molar-refractivity contribution in [3.8, 4) is 11.1 Å². The third-order valence-electron chi connectivity index (χ3n) is 9.89. The van der Waals surface area contributed by atoms with Gasteiger partial charge >= 0.3 is 0 Å². The molecule has 0 aliphatic heterocycles. The SMILES string of the molecule is CCCCCCC1(CCCCCC)c2ccccc2-c2ccc(C(=O)c3ccccc3C(=O)c3cccc4ccccc34)cc21. The lowest BCUT2D eigenvalue weighted by molar-refractivity contribution is 0.100. The van der Waals surface area contributed by atoms with Crippen molar-refractivity contribution in [3.05, 3.63) is 143 Å². The molecule has 0 bridgehead atoms. The Morgan fingerprint density at radius 1 is 0.511 bits per heavy atom. The van der Waals surface area contributed by atoms with Gasteiger partial charge in [0.15, 0.2) is 11.6 Å². The van der Waals surface area contributed by atoms with E-state index in [4.69, 9.17) is 0 Å². The molecule has 0 spiro atoms. The number of hydrogen-bond donors (Lipinski definition) is 0. The summed E-state index contributed by atoms with van der Waals surface area (Å²) in [5.41, 5.74) is 7.38. The number of unbranched alkanes of at least 4 members (excludes halogenated alkanes) is 6. The number of fused-ring (bicyclic) bond motifs is 4. The Morgan fingerprint density at radius 2 is 1.09 bits per heavy atom. The fourth-order valence-electron chi connectivity index (χ4n) is 7.57. The van der Waals surface area contributed by atoms with E-state index in [9.17, 15) is 9.59 Å². The summed E-state index contributed by atoms with van der Waals surface area (Å²) in [6.45, 7) is 4.53. The van der Waals surface area contributed by atoms with Gasteiger partial charge in [-0.2, -0.15) is 0 Å². The molecule has 0 radical (unpaired) electrons. The van der Waals surface area contributed by atoms with E-state index in [1.165, 1.54) is 73.6 Å². The molecule has 0 saturated carbocycles. The van der Waals surface area contributed by atoms with E-state index in [0.29, 0.717) is 22.3 Å². The van der Waals surface area contributed by atoms with Crippen molar-refractivity contribution in [2.24, 2.45) is 0 Å². The van der Waals surface area contributed by atoms with E-state index in [1.54, 1.807) is 6.07 Å². The summed E-state index contributed by atoms with van der Waals surface area (Å²) in [4.78, 5) is 28.4. The van der Waals surface area contributed by atoms with Crippen molar-refractivity contribution in [3.63, 3.8) is 0 Å². The van der Waals surface area contributed by atoms with Gasteiger partial charge in [0, 0.05) is 27.7 Å². The fraction of sp³-hybridized carbons (Fsp3) is 0.302. The predicted octanol–water partition coefficient (Wildman–Crippen LogP) is 11.5.